The maximum Gasteiger partial charge on any atom is 0.236 e. The molecule has 1 unspecified atom stereocenters. The molecule has 5 heteroatoms. The molecule has 1 aromatic rings. The average Bonchev–Trinajstić information content (AvgIpc) is 2.48. The summed E-state index contributed by atoms with van der Waals surface area (Å²) in [5.41, 5.74) is 0. The van der Waals surface area contributed by atoms with Crippen LogP contribution in [0.1, 0.15) is 13.8 Å². The molecular formula is C15H22N2O2S. The molecule has 0 spiro atoms. The minimum absolute atomic E-state index is 0.0658. The van der Waals surface area contributed by atoms with Crippen LogP contribution >= 0.6 is 11.8 Å². The van der Waals surface area contributed by atoms with Crippen LogP contribution in [0.25, 0.3) is 0 Å². The number of benzene rings is 1. The molecule has 1 aliphatic heterocycles. The van der Waals surface area contributed by atoms with Crippen LogP contribution in [0.15, 0.2) is 29.2 Å². The van der Waals surface area contributed by atoms with E-state index in [1.807, 2.05) is 36.1 Å². The van der Waals surface area contributed by atoms with Crippen molar-refractivity contribution in [2.75, 3.05) is 26.7 Å². The molecule has 0 aromatic heterocycles. The van der Waals surface area contributed by atoms with Crippen molar-refractivity contribution < 1.29 is 9.53 Å². The number of carbonyl (C=O) groups is 1. The maximum absolute atomic E-state index is 12.5. The highest BCUT2D eigenvalue weighted by atomic mass is 32.2. The first-order valence-corrected chi connectivity index (χ1v) is 7.81. The molecule has 0 saturated carbocycles. The summed E-state index contributed by atoms with van der Waals surface area (Å²) in [4.78, 5) is 15.6. The van der Waals surface area contributed by atoms with Crippen molar-refractivity contribution in [3.8, 4) is 5.75 Å². The van der Waals surface area contributed by atoms with Crippen molar-refractivity contribution in [1.82, 2.24) is 10.2 Å². The van der Waals surface area contributed by atoms with Gasteiger partial charge in [-0.15, -0.1) is 11.8 Å². The first kappa shape index (κ1) is 15.2. The lowest BCUT2D eigenvalue weighted by Gasteiger charge is -2.35. The highest BCUT2D eigenvalue weighted by Crippen LogP contribution is 2.27. The van der Waals surface area contributed by atoms with Gasteiger partial charge in [0.05, 0.1) is 12.4 Å². The third-order valence-electron chi connectivity index (χ3n) is 3.50. The molecule has 2 atom stereocenters. The van der Waals surface area contributed by atoms with Gasteiger partial charge < -0.3 is 15.0 Å². The van der Waals surface area contributed by atoms with Gasteiger partial charge in [-0.1, -0.05) is 0 Å². The normalized spacial score (nSPS) is 20.6. The standard InChI is InChI=1S/C15H22N2O2S/c1-11-10-16-8-9-17(11)15(18)12(2)20-14-6-4-13(19-3)5-7-14/h4-7,11-12,16H,8-10H2,1-3H3/t11-,12?/m1/s1. The molecule has 1 aromatic carbocycles. The first-order valence-electron chi connectivity index (χ1n) is 6.93. The number of nitrogens with zero attached hydrogens (tertiary/aromatic N) is 1. The number of carbonyl (C=O) groups excluding carboxylic acids is 1. The first-order chi connectivity index (χ1) is 9.61. The van der Waals surface area contributed by atoms with Crippen LogP contribution in [0.5, 0.6) is 5.75 Å². The predicted molar refractivity (Wildman–Crippen MR) is 82.4 cm³/mol. The van der Waals surface area contributed by atoms with E-state index in [4.69, 9.17) is 4.74 Å². The van der Waals surface area contributed by atoms with Crippen molar-refractivity contribution in [1.29, 1.82) is 0 Å². The van der Waals surface area contributed by atoms with E-state index in [1.54, 1.807) is 18.9 Å². The number of piperazine rings is 1. The Morgan fingerprint density at radius 1 is 1.45 bits per heavy atom. The van der Waals surface area contributed by atoms with E-state index in [1.165, 1.54) is 0 Å². The van der Waals surface area contributed by atoms with E-state index in [2.05, 4.69) is 12.2 Å². The molecular weight excluding hydrogens is 272 g/mol. The van der Waals surface area contributed by atoms with Crippen LogP contribution in [-0.4, -0.2) is 48.8 Å². The molecule has 1 heterocycles. The van der Waals surface area contributed by atoms with E-state index in [0.29, 0.717) is 0 Å². The van der Waals surface area contributed by atoms with Gasteiger partial charge in [0.1, 0.15) is 5.75 Å². The quantitative estimate of drug-likeness (QED) is 0.863. The summed E-state index contributed by atoms with van der Waals surface area (Å²) < 4.78 is 5.14. The second-order valence-corrected chi connectivity index (χ2v) is 6.43. The van der Waals surface area contributed by atoms with E-state index < -0.39 is 0 Å². The molecule has 2 rings (SSSR count). The van der Waals surface area contributed by atoms with E-state index in [-0.39, 0.29) is 17.2 Å². The van der Waals surface area contributed by atoms with E-state index in [9.17, 15) is 4.79 Å². The van der Waals surface area contributed by atoms with E-state index in [0.717, 1.165) is 30.3 Å². The zero-order valence-electron chi connectivity index (χ0n) is 12.3. The summed E-state index contributed by atoms with van der Waals surface area (Å²) in [6.07, 6.45) is 0. The summed E-state index contributed by atoms with van der Waals surface area (Å²) in [6.45, 7) is 6.63. The number of rotatable bonds is 4. The third-order valence-corrected chi connectivity index (χ3v) is 4.60. The number of hydrogen-bond acceptors (Lipinski definition) is 4. The molecule has 0 bridgehead atoms. The molecule has 4 nitrogen and oxygen atoms in total. The Morgan fingerprint density at radius 3 is 2.75 bits per heavy atom. The molecule has 1 fully saturated rings. The zero-order chi connectivity index (χ0) is 14.5. The SMILES string of the molecule is COc1ccc(SC(C)C(=O)N2CCNC[C@H]2C)cc1. The number of hydrogen-bond donors (Lipinski definition) is 1. The Labute approximate surface area is 124 Å². The molecule has 0 radical (unpaired) electrons. The molecule has 0 aliphatic carbocycles. The van der Waals surface area contributed by atoms with Crippen molar-refractivity contribution in [3.63, 3.8) is 0 Å². The lowest BCUT2D eigenvalue weighted by atomic mass is 10.2. The number of nitrogens with one attached hydrogen (secondary N) is 1. The third kappa shape index (κ3) is 3.67. The van der Waals surface area contributed by atoms with Gasteiger partial charge in [0.15, 0.2) is 0 Å². The van der Waals surface area contributed by atoms with E-state index >= 15 is 0 Å². The second kappa shape index (κ2) is 6.99. The molecule has 110 valence electrons. The van der Waals surface area contributed by atoms with Gasteiger partial charge in [-0.3, -0.25) is 4.79 Å². The van der Waals surface area contributed by atoms with Crippen LogP contribution < -0.4 is 10.1 Å². The fourth-order valence-corrected chi connectivity index (χ4v) is 3.25. The van der Waals surface area contributed by atoms with Crippen LogP contribution in [-0.2, 0) is 4.79 Å². The summed E-state index contributed by atoms with van der Waals surface area (Å²) >= 11 is 1.60. The molecule has 20 heavy (non-hydrogen) atoms. The summed E-state index contributed by atoms with van der Waals surface area (Å²) in [7, 11) is 1.65. The second-order valence-electron chi connectivity index (χ2n) is 5.02. The van der Waals surface area contributed by atoms with Crippen molar-refractivity contribution in [2.45, 2.75) is 30.0 Å². The van der Waals surface area contributed by atoms with Gasteiger partial charge in [0.2, 0.25) is 5.91 Å². The predicted octanol–water partition coefficient (Wildman–Crippen LogP) is 2.00. The van der Waals surface area contributed by atoms with Gasteiger partial charge >= 0.3 is 0 Å². The highest BCUT2D eigenvalue weighted by Gasteiger charge is 2.27. The fourth-order valence-electron chi connectivity index (χ4n) is 2.31. The monoisotopic (exact) mass is 294 g/mol. The fraction of sp³-hybridized carbons (Fsp3) is 0.533. The van der Waals surface area contributed by atoms with Crippen LogP contribution in [0.3, 0.4) is 0 Å². The number of ether oxygens (including phenoxy) is 1. The lowest BCUT2D eigenvalue weighted by molar-refractivity contribution is -0.133. The molecule has 1 amide bonds. The minimum Gasteiger partial charge on any atom is -0.497 e. The highest BCUT2D eigenvalue weighted by molar-refractivity contribution is 8.00. The van der Waals surface area contributed by atoms with Crippen LogP contribution in [0.2, 0.25) is 0 Å². The summed E-state index contributed by atoms with van der Waals surface area (Å²) in [5.74, 6) is 1.06. The Kier molecular flexibility index (Phi) is 5.31. The van der Waals surface area contributed by atoms with Gasteiger partial charge in [0, 0.05) is 30.6 Å². The van der Waals surface area contributed by atoms with Crippen LogP contribution in [0, 0.1) is 0 Å². The van der Waals surface area contributed by atoms with Crippen LogP contribution in [0.4, 0.5) is 0 Å². The topological polar surface area (TPSA) is 41.6 Å². The summed E-state index contributed by atoms with van der Waals surface area (Å²) in [6, 6.07) is 8.11. The Balaban J connectivity index is 1.95. The zero-order valence-corrected chi connectivity index (χ0v) is 13.1. The molecule has 1 aliphatic rings. The lowest BCUT2D eigenvalue weighted by Crippen LogP contribution is -2.54. The molecule has 1 saturated heterocycles. The number of methoxy groups -OCH3 is 1. The Morgan fingerprint density at radius 2 is 2.15 bits per heavy atom. The Bertz CT molecular complexity index is 450. The number of thioether (sulfide) groups is 1. The van der Waals surface area contributed by atoms with Crippen molar-refractivity contribution in [3.05, 3.63) is 24.3 Å². The van der Waals surface area contributed by atoms with Gasteiger partial charge in [-0.05, 0) is 38.1 Å². The molecule has 1 N–H and O–H groups in total. The summed E-state index contributed by atoms with van der Waals surface area (Å²) in [5, 5.41) is 3.24. The Hall–Kier alpha value is -1.20. The van der Waals surface area contributed by atoms with Gasteiger partial charge in [-0.25, -0.2) is 0 Å². The minimum atomic E-state index is -0.0658. The van der Waals surface area contributed by atoms with Crippen molar-refractivity contribution in [2.24, 2.45) is 0 Å². The maximum atomic E-state index is 12.5. The largest absolute Gasteiger partial charge is 0.497 e. The smallest absolute Gasteiger partial charge is 0.236 e. The van der Waals surface area contributed by atoms with Crippen molar-refractivity contribution >= 4 is 17.7 Å². The average molecular weight is 294 g/mol. The van der Waals surface area contributed by atoms with Gasteiger partial charge in [-0.2, -0.15) is 0 Å². The number of amides is 1. The van der Waals surface area contributed by atoms with Gasteiger partial charge in [0.25, 0.3) is 0 Å².